The van der Waals surface area contributed by atoms with Crippen LogP contribution in [0.1, 0.15) is 13.8 Å². The molecule has 0 saturated heterocycles. The van der Waals surface area contributed by atoms with Gasteiger partial charge in [0.05, 0.1) is 12.2 Å². The molecule has 0 amide bonds. The molecule has 0 radical (unpaired) electrons. The van der Waals surface area contributed by atoms with Crippen LogP contribution in [-0.2, 0) is 0 Å². The molecule has 1 N–H and O–H groups in total. The average Bonchev–Trinajstić information content (AvgIpc) is 2.25. The standard InChI is InChI=1S/C12H13N3O/c1-9-7-11(12(13-3)14-4)8-10(2)15(9)5-6-16/h7-8,16H,5-6H2,1-2H3. The van der Waals surface area contributed by atoms with Crippen molar-refractivity contribution < 1.29 is 5.11 Å². The normalized spacial score (nSPS) is 14.8. The van der Waals surface area contributed by atoms with E-state index in [4.69, 9.17) is 18.3 Å². The zero-order valence-electron chi connectivity index (χ0n) is 9.36. The van der Waals surface area contributed by atoms with Crippen molar-refractivity contribution in [1.29, 1.82) is 0 Å². The van der Waals surface area contributed by atoms with E-state index in [-0.39, 0.29) is 12.4 Å². The molecule has 0 aromatic heterocycles. The number of β-amino-alcohol motifs (C(OH)–C–C–N with tert-alkyl or cyclic N) is 1. The van der Waals surface area contributed by atoms with Crippen LogP contribution in [0.15, 0.2) is 34.9 Å². The van der Waals surface area contributed by atoms with Crippen molar-refractivity contribution in [3.63, 3.8) is 0 Å². The second kappa shape index (κ2) is 5.16. The van der Waals surface area contributed by atoms with Crippen molar-refractivity contribution in [3.8, 4) is 0 Å². The van der Waals surface area contributed by atoms with E-state index in [9.17, 15) is 0 Å². The highest BCUT2D eigenvalue weighted by Gasteiger charge is 2.18. The first kappa shape index (κ1) is 12.0. The zero-order chi connectivity index (χ0) is 12.1. The van der Waals surface area contributed by atoms with E-state index in [0.29, 0.717) is 12.1 Å². The number of rotatable bonds is 2. The van der Waals surface area contributed by atoms with Crippen molar-refractivity contribution in [1.82, 2.24) is 4.90 Å². The van der Waals surface area contributed by atoms with E-state index < -0.39 is 0 Å². The molecule has 16 heavy (non-hydrogen) atoms. The van der Waals surface area contributed by atoms with Gasteiger partial charge in [-0.15, -0.1) is 0 Å². The zero-order valence-corrected chi connectivity index (χ0v) is 9.36. The second-order valence-electron chi connectivity index (χ2n) is 3.45. The maximum Gasteiger partial charge on any atom is 0.526 e. The molecule has 1 aliphatic heterocycles. The molecular weight excluding hydrogens is 202 g/mol. The summed E-state index contributed by atoms with van der Waals surface area (Å²) in [7, 11) is 0. The lowest BCUT2D eigenvalue weighted by Gasteiger charge is -2.28. The lowest BCUT2D eigenvalue weighted by molar-refractivity contribution is 0.248. The third-order valence-electron chi connectivity index (χ3n) is 2.37. The fourth-order valence-corrected chi connectivity index (χ4v) is 1.66. The molecule has 0 aromatic rings. The van der Waals surface area contributed by atoms with Crippen LogP contribution >= 0.6 is 0 Å². The van der Waals surface area contributed by atoms with Gasteiger partial charge in [-0.1, -0.05) is 0 Å². The summed E-state index contributed by atoms with van der Waals surface area (Å²) in [6, 6.07) is 0. The Morgan fingerprint density at radius 2 is 1.75 bits per heavy atom. The maximum atomic E-state index is 8.92. The Morgan fingerprint density at radius 1 is 1.25 bits per heavy atom. The average molecular weight is 215 g/mol. The SMILES string of the molecule is [C-]#[N+]C([N+]#[C-])=C1C=C(C)N(CCO)C(C)=C1. The minimum atomic E-state index is 0.0773. The summed E-state index contributed by atoms with van der Waals surface area (Å²) in [5.74, 6) is 0.0855. The van der Waals surface area contributed by atoms with Crippen LogP contribution in [0.5, 0.6) is 0 Å². The van der Waals surface area contributed by atoms with E-state index in [2.05, 4.69) is 9.69 Å². The second-order valence-corrected chi connectivity index (χ2v) is 3.45. The quantitative estimate of drug-likeness (QED) is 0.716. The van der Waals surface area contributed by atoms with E-state index in [1.807, 2.05) is 18.7 Å². The van der Waals surface area contributed by atoms with Gasteiger partial charge < -0.3 is 10.0 Å². The Hall–Kier alpha value is -2.04. The third kappa shape index (κ3) is 2.31. The Bertz CT molecular complexity index is 420. The molecule has 0 fully saturated rings. The Morgan fingerprint density at radius 3 is 2.12 bits per heavy atom. The summed E-state index contributed by atoms with van der Waals surface area (Å²) in [6.45, 7) is 18.2. The fourth-order valence-electron chi connectivity index (χ4n) is 1.66. The number of nitrogens with zero attached hydrogens (tertiary/aromatic N) is 3. The summed E-state index contributed by atoms with van der Waals surface area (Å²) < 4.78 is 0. The van der Waals surface area contributed by atoms with Gasteiger partial charge in [0, 0.05) is 17.9 Å². The van der Waals surface area contributed by atoms with Gasteiger partial charge in [0.25, 0.3) is 0 Å². The molecule has 0 unspecified atom stereocenters. The first-order valence-electron chi connectivity index (χ1n) is 4.88. The largest absolute Gasteiger partial charge is 0.526 e. The van der Waals surface area contributed by atoms with Crippen LogP contribution < -0.4 is 0 Å². The fraction of sp³-hybridized carbons (Fsp3) is 0.333. The van der Waals surface area contributed by atoms with Gasteiger partial charge in [0.15, 0.2) is 0 Å². The van der Waals surface area contributed by atoms with Crippen molar-refractivity contribution >= 4 is 0 Å². The Kier molecular flexibility index (Phi) is 3.88. The van der Waals surface area contributed by atoms with E-state index in [1.54, 1.807) is 12.2 Å². The molecule has 1 aliphatic rings. The number of aliphatic hydroxyl groups is 1. The number of allylic oxidation sites excluding steroid dienone is 5. The molecule has 82 valence electrons. The van der Waals surface area contributed by atoms with Crippen molar-refractivity contribution in [2.45, 2.75) is 13.8 Å². The predicted octanol–water partition coefficient (Wildman–Crippen LogP) is 2.15. The van der Waals surface area contributed by atoms with Crippen molar-refractivity contribution in [2.75, 3.05) is 13.2 Å². The number of hydrogen-bond donors (Lipinski definition) is 1. The predicted molar refractivity (Wildman–Crippen MR) is 61.5 cm³/mol. The monoisotopic (exact) mass is 215 g/mol. The van der Waals surface area contributed by atoms with E-state index >= 15 is 0 Å². The van der Waals surface area contributed by atoms with Gasteiger partial charge >= 0.3 is 5.82 Å². The molecule has 1 heterocycles. The highest BCUT2D eigenvalue weighted by atomic mass is 16.3. The molecule has 1 rings (SSSR count). The summed E-state index contributed by atoms with van der Waals surface area (Å²) in [4.78, 5) is 8.33. The summed E-state index contributed by atoms with van der Waals surface area (Å²) in [5.41, 5.74) is 2.52. The first-order chi connectivity index (χ1) is 7.63. The smallest absolute Gasteiger partial charge is 0.395 e. The van der Waals surface area contributed by atoms with E-state index in [0.717, 1.165) is 11.4 Å². The molecule has 0 spiro atoms. The number of aliphatic hydroxyl groups excluding tert-OH is 1. The van der Waals surface area contributed by atoms with Crippen LogP contribution in [0.25, 0.3) is 9.69 Å². The lowest BCUT2D eigenvalue weighted by Crippen LogP contribution is -2.25. The van der Waals surface area contributed by atoms with E-state index in [1.165, 1.54) is 0 Å². The molecule has 0 aliphatic carbocycles. The summed E-state index contributed by atoms with van der Waals surface area (Å²) in [6.07, 6.45) is 3.60. The van der Waals surface area contributed by atoms with Gasteiger partial charge in [-0.25, -0.2) is 0 Å². The first-order valence-corrected chi connectivity index (χ1v) is 4.88. The summed E-state index contributed by atoms with van der Waals surface area (Å²) >= 11 is 0. The lowest BCUT2D eigenvalue weighted by atomic mass is 10.1. The minimum absolute atomic E-state index is 0.0773. The molecule has 0 aromatic carbocycles. The Labute approximate surface area is 95.4 Å². The van der Waals surface area contributed by atoms with Crippen LogP contribution in [0.4, 0.5) is 0 Å². The highest BCUT2D eigenvalue weighted by molar-refractivity contribution is 5.46. The van der Waals surface area contributed by atoms with Gasteiger partial charge in [-0.05, 0) is 26.0 Å². The molecule has 0 atom stereocenters. The molecule has 0 saturated carbocycles. The summed E-state index contributed by atoms with van der Waals surface area (Å²) in [5, 5.41) is 8.92. The van der Waals surface area contributed by atoms with Crippen LogP contribution in [0.3, 0.4) is 0 Å². The van der Waals surface area contributed by atoms with Gasteiger partial charge in [0.2, 0.25) is 0 Å². The molecule has 0 bridgehead atoms. The van der Waals surface area contributed by atoms with Crippen molar-refractivity contribution in [2.24, 2.45) is 0 Å². The highest BCUT2D eigenvalue weighted by Crippen LogP contribution is 2.24. The third-order valence-corrected chi connectivity index (χ3v) is 2.37. The van der Waals surface area contributed by atoms with Crippen LogP contribution in [0, 0.1) is 13.1 Å². The Balaban J connectivity index is 3.15. The van der Waals surface area contributed by atoms with Gasteiger partial charge in [-0.3, -0.25) is 0 Å². The van der Waals surface area contributed by atoms with Gasteiger partial charge in [-0.2, -0.15) is 9.69 Å². The number of hydrogen-bond acceptors (Lipinski definition) is 2. The molecule has 4 heteroatoms. The molecule has 4 nitrogen and oxygen atoms in total. The minimum Gasteiger partial charge on any atom is -0.395 e. The van der Waals surface area contributed by atoms with Crippen LogP contribution in [0.2, 0.25) is 0 Å². The topological polar surface area (TPSA) is 32.2 Å². The van der Waals surface area contributed by atoms with Crippen LogP contribution in [-0.4, -0.2) is 23.2 Å². The molecular formula is C12H13N3O. The maximum absolute atomic E-state index is 8.92. The van der Waals surface area contributed by atoms with Crippen molar-refractivity contribution in [3.05, 3.63) is 57.8 Å². The van der Waals surface area contributed by atoms with Gasteiger partial charge in [0.1, 0.15) is 13.1 Å².